The Morgan fingerprint density at radius 1 is 0.907 bits per heavy atom. The number of nitrogens with zero attached hydrogens (tertiary/aromatic N) is 3. The Bertz CT molecular complexity index is 1620. The van der Waals surface area contributed by atoms with E-state index in [0.717, 1.165) is 17.1 Å². The summed E-state index contributed by atoms with van der Waals surface area (Å²) in [4.78, 5) is 58.3. The third-order valence-electron chi connectivity index (χ3n) is 6.06. The number of carbonyl (C=O) groups excluding carboxylic acids is 4. The molecule has 0 spiro atoms. The van der Waals surface area contributed by atoms with Gasteiger partial charge in [0.2, 0.25) is 11.8 Å². The lowest BCUT2D eigenvalue weighted by Crippen LogP contribution is -2.38. The van der Waals surface area contributed by atoms with Gasteiger partial charge in [0.15, 0.2) is 5.69 Å². The van der Waals surface area contributed by atoms with E-state index in [1.165, 1.54) is 26.4 Å². The molecule has 15 nitrogen and oxygen atoms in total. The van der Waals surface area contributed by atoms with E-state index in [9.17, 15) is 27.6 Å². The zero-order valence-corrected chi connectivity index (χ0v) is 23.9. The number of carbonyl (C=O) groups is 4. The first-order valence-electron chi connectivity index (χ1n) is 12.8. The second-order valence-electron chi connectivity index (χ2n) is 8.79. The van der Waals surface area contributed by atoms with Gasteiger partial charge in [-0.25, -0.2) is 9.97 Å². The van der Waals surface area contributed by atoms with Crippen LogP contribution in [0.3, 0.4) is 0 Å². The van der Waals surface area contributed by atoms with Crippen LogP contribution in [-0.4, -0.2) is 80.8 Å². The maximum atomic E-state index is 13.1. The molecule has 226 valence electrons. The summed E-state index contributed by atoms with van der Waals surface area (Å²) in [6.45, 7) is -0.149. The van der Waals surface area contributed by atoms with Gasteiger partial charge in [0.25, 0.3) is 28.7 Å². The molecular weight excluding hydrogens is 586 g/mol. The zero-order valence-electron chi connectivity index (χ0n) is 23.0. The smallest absolute Gasteiger partial charge is 0.299 e. The molecule has 0 radical (unpaired) electrons. The number of rotatable bonds is 14. The summed E-state index contributed by atoms with van der Waals surface area (Å²) in [6, 6.07) is 9.56. The minimum atomic E-state index is -3.17. The summed E-state index contributed by atoms with van der Waals surface area (Å²) in [5.74, 6) is -1.68. The fourth-order valence-electron chi connectivity index (χ4n) is 4.03. The zero-order chi connectivity index (χ0) is 30.9. The highest BCUT2D eigenvalue weighted by molar-refractivity contribution is 7.67. The van der Waals surface area contributed by atoms with E-state index in [1.54, 1.807) is 24.3 Å². The fourth-order valence-corrected chi connectivity index (χ4v) is 4.31. The summed E-state index contributed by atoms with van der Waals surface area (Å²) < 4.78 is 43.4. The Labute approximate surface area is 246 Å². The lowest BCUT2D eigenvalue weighted by atomic mass is 10.1. The topological polar surface area (TPSA) is 192 Å². The van der Waals surface area contributed by atoms with Crippen molar-refractivity contribution >= 4 is 45.6 Å². The molecule has 0 bridgehead atoms. The Hall–Kier alpha value is -5.25. The maximum Gasteiger partial charge on any atom is 0.299 e. The van der Waals surface area contributed by atoms with E-state index in [0.29, 0.717) is 16.6 Å². The highest BCUT2D eigenvalue weighted by atomic mass is 32.2. The summed E-state index contributed by atoms with van der Waals surface area (Å²) in [5.41, 5.74) is 1.17. The van der Waals surface area contributed by atoms with Crippen LogP contribution in [0.2, 0.25) is 0 Å². The van der Waals surface area contributed by atoms with Gasteiger partial charge in [-0.05, 0) is 12.1 Å². The normalized spacial score (nSPS) is 12.5. The molecule has 0 fully saturated rings. The third-order valence-corrected chi connectivity index (χ3v) is 6.42. The van der Waals surface area contributed by atoms with Crippen LogP contribution in [0.15, 0.2) is 48.6 Å². The number of aromatic nitrogens is 2. The molecule has 1 aliphatic rings. The van der Waals surface area contributed by atoms with Crippen LogP contribution < -0.4 is 29.0 Å². The Balaban J connectivity index is 1.43. The molecule has 0 aliphatic carbocycles. The van der Waals surface area contributed by atoms with Crippen molar-refractivity contribution in [2.45, 2.75) is 13.0 Å². The lowest BCUT2D eigenvalue weighted by Gasteiger charge is -2.16. The Morgan fingerprint density at radius 3 is 2.12 bits per heavy atom. The Morgan fingerprint density at radius 2 is 1.51 bits per heavy atom. The largest absolute Gasteiger partial charge is 0.496 e. The van der Waals surface area contributed by atoms with Crippen molar-refractivity contribution in [1.29, 1.82) is 0 Å². The number of amides is 4. The van der Waals surface area contributed by atoms with Crippen molar-refractivity contribution in [2.75, 3.05) is 33.9 Å². The molecule has 0 saturated heterocycles. The van der Waals surface area contributed by atoms with E-state index in [1.807, 2.05) is 0 Å². The molecule has 0 unspecified atom stereocenters. The molecule has 2 N–H and O–H groups in total. The van der Waals surface area contributed by atoms with Crippen LogP contribution in [0.25, 0.3) is 11.0 Å². The van der Waals surface area contributed by atoms with E-state index >= 15 is 0 Å². The number of imide groups is 1. The number of benzene rings is 2. The SMILES string of the molecule is COc1cc(O[SH](=O)=O)cc(OC)c1COc1nc2ccccc2nc1C(=O)NCCNC(=O)CCN1C(=O)C=CC1=O. The Kier molecular flexibility index (Phi) is 10.1. The van der Waals surface area contributed by atoms with Crippen molar-refractivity contribution in [3.63, 3.8) is 0 Å². The predicted octanol–water partition coefficient (Wildman–Crippen LogP) is 0.292. The maximum absolute atomic E-state index is 13.1. The van der Waals surface area contributed by atoms with Crippen LogP contribution >= 0.6 is 0 Å². The molecule has 16 heteroatoms. The molecule has 4 rings (SSSR count). The van der Waals surface area contributed by atoms with E-state index in [2.05, 4.69) is 20.6 Å². The molecule has 2 heterocycles. The van der Waals surface area contributed by atoms with Gasteiger partial charge >= 0.3 is 0 Å². The summed E-state index contributed by atoms with van der Waals surface area (Å²) in [7, 11) is -0.428. The quantitative estimate of drug-likeness (QED) is 0.128. The van der Waals surface area contributed by atoms with Crippen molar-refractivity contribution in [1.82, 2.24) is 25.5 Å². The van der Waals surface area contributed by atoms with E-state index < -0.39 is 34.6 Å². The third kappa shape index (κ3) is 7.73. The van der Waals surface area contributed by atoms with Gasteiger partial charge in [0, 0.05) is 50.3 Å². The molecular formula is C27H27N5O10S. The number of methoxy groups -OCH3 is 2. The van der Waals surface area contributed by atoms with E-state index in [4.69, 9.17) is 18.4 Å². The van der Waals surface area contributed by atoms with Gasteiger partial charge in [0.05, 0.1) is 30.8 Å². The molecule has 1 aromatic heterocycles. The van der Waals surface area contributed by atoms with Gasteiger partial charge in [-0.2, -0.15) is 8.42 Å². The predicted molar refractivity (Wildman–Crippen MR) is 150 cm³/mol. The van der Waals surface area contributed by atoms with Crippen LogP contribution in [0.1, 0.15) is 22.5 Å². The minimum Gasteiger partial charge on any atom is -0.496 e. The molecule has 2 aromatic carbocycles. The minimum absolute atomic E-state index is 0.0266. The molecule has 0 saturated carbocycles. The lowest BCUT2D eigenvalue weighted by molar-refractivity contribution is -0.137. The van der Waals surface area contributed by atoms with Gasteiger partial charge in [-0.3, -0.25) is 24.1 Å². The first-order valence-corrected chi connectivity index (χ1v) is 13.8. The number of ether oxygens (including phenoxy) is 3. The monoisotopic (exact) mass is 613 g/mol. The molecule has 3 aromatic rings. The van der Waals surface area contributed by atoms with Gasteiger partial charge in [-0.1, -0.05) is 12.1 Å². The summed E-state index contributed by atoms with van der Waals surface area (Å²) in [6.07, 6.45) is 2.20. The van der Waals surface area contributed by atoms with E-state index in [-0.39, 0.29) is 61.5 Å². The summed E-state index contributed by atoms with van der Waals surface area (Å²) in [5, 5.41) is 5.26. The second-order valence-corrected chi connectivity index (χ2v) is 9.42. The number of nitrogens with one attached hydrogen (secondary N) is 2. The van der Waals surface area contributed by atoms with Gasteiger partial charge in [0.1, 0.15) is 23.9 Å². The van der Waals surface area contributed by atoms with Crippen molar-refractivity contribution in [3.8, 4) is 23.1 Å². The molecule has 1 aliphatic heterocycles. The fraction of sp³-hybridized carbons (Fsp3) is 0.259. The van der Waals surface area contributed by atoms with Crippen molar-refractivity contribution in [3.05, 3.63) is 59.8 Å². The molecule has 0 atom stereocenters. The number of thiol groups is 1. The first kappa shape index (κ1) is 30.7. The van der Waals surface area contributed by atoms with Crippen LogP contribution in [0, 0.1) is 0 Å². The first-order chi connectivity index (χ1) is 20.7. The van der Waals surface area contributed by atoms with Gasteiger partial charge < -0.3 is 29.0 Å². The number of hydrogen-bond acceptors (Lipinski definition) is 12. The van der Waals surface area contributed by atoms with Crippen molar-refractivity contribution < 1.29 is 46.0 Å². The van der Waals surface area contributed by atoms with Crippen molar-refractivity contribution in [2.24, 2.45) is 0 Å². The van der Waals surface area contributed by atoms with Gasteiger partial charge in [-0.15, -0.1) is 0 Å². The molecule has 43 heavy (non-hydrogen) atoms. The van der Waals surface area contributed by atoms with Crippen LogP contribution in [-0.2, 0) is 32.0 Å². The number of para-hydroxylation sites is 2. The average molecular weight is 614 g/mol. The highest BCUT2D eigenvalue weighted by Gasteiger charge is 2.24. The standard InChI is InChI=1S/C27H27N5O10S/c1-39-20-13-16(42-43(37)38)14-21(40-2)17(20)15-41-27-25(30-18-5-3-4-6-19(18)31-27)26(36)29-11-10-28-22(33)9-12-32-23(34)7-8-24(32)35/h3-8,13-14,43H,9-12,15H2,1-2H3,(H,28,33)(H,29,36). The second kappa shape index (κ2) is 14.1. The molecule has 4 amide bonds. The number of hydrogen-bond donors (Lipinski definition) is 3. The van der Waals surface area contributed by atoms with Crippen LogP contribution in [0.4, 0.5) is 0 Å². The average Bonchev–Trinajstić information content (AvgIpc) is 3.32. The highest BCUT2D eigenvalue weighted by Crippen LogP contribution is 2.35. The summed E-state index contributed by atoms with van der Waals surface area (Å²) >= 11 is 0. The van der Waals surface area contributed by atoms with Crippen LogP contribution in [0.5, 0.6) is 23.1 Å². The number of fused-ring (bicyclic) bond motifs is 1.